The zero-order valence-corrected chi connectivity index (χ0v) is 11.9. The summed E-state index contributed by atoms with van der Waals surface area (Å²) in [4.78, 5) is 0. The fourth-order valence-electron chi connectivity index (χ4n) is 2.79. The number of ether oxygens (including phenoxy) is 1. The Labute approximate surface area is 120 Å². The molecule has 0 heterocycles. The maximum absolute atomic E-state index is 13.4. The zero-order valence-electron chi connectivity index (χ0n) is 11.9. The van der Waals surface area contributed by atoms with Crippen LogP contribution in [-0.2, 0) is 0 Å². The van der Waals surface area contributed by atoms with Gasteiger partial charge in [0.25, 0.3) is 0 Å². The molecule has 108 valence electrons. The van der Waals surface area contributed by atoms with E-state index in [1.807, 2.05) is 0 Å². The van der Waals surface area contributed by atoms with E-state index in [0.717, 1.165) is 19.3 Å². The Morgan fingerprint density at radius 1 is 1.35 bits per heavy atom. The van der Waals surface area contributed by atoms with Crippen molar-refractivity contribution in [1.29, 1.82) is 0 Å². The number of rotatable bonds is 3. The van der Waals surface area contributed by atoms with Gasteiger partial charge in [0.1, 0.15) is 24.3 Å². The molecule has 0 aliphatic heterocycles. The van der Waals surface area contributed by atoms with Crippen LogP contribution < -0.4 is 4.74 Å². The molecule has 0 spiro atoms. The fraction of sp³-hybridized carbons (Fsp3) is 0.529. The van der Waals surface area contributed by atoms with Gasteiger partial charge in [-0.05, 0) is 43.7 Å². The molecule has 1 aliphatic rings. The van der Waals surface area contributed by atoms with Crippen LogP contribution in [0.4, 0.5) is 4.39 Å². The maximum atomic E-state index is 13.4. The number of hydrogen-bond donors (Lipinski definition) is 1. The summed E-state index contributed by atoms with van der Waals surface area (Å²) >= 11 is 0. The van der Waals surface area contributed by atoms with Crippen molar-refractivity contribution >= 4 is 0 Å². The minimum absolute atomic E-state index is 0.144. The van der Waals surface area contributed by atoms with E-state index in [1.165, 1.54) is 25.0 Å². The monoisotopic (exact) mass is 276 g/mol. The Morgan fingerprint density at radius 2 is 2.15 bits per heavy atom. The molecule has 2 atom stereocenters. The highest BCUT2D eigenvalue weighted by Crippen LogP contribution is 2.31. The second-order valence-corrected chi connectivity index (χ2v) is 5.21. The summed E-state index contributed by atoms with van der Waals surface area (Å²) in [6.07, 6.45) is 5.82. The van der Waals surface area contributed by atoms with Crippen molar-refractivity contribution in [1.82, 2.24) is 0 Å². The third-order valence-corrected chi connectivity index (χ3v) is 3.89. The molecular weight excluding hydrogens is 255 g/mol. The second kappa shape index (κ2) is 7.31. The molecule has 1 aromatic carbocycles. The molecule has 1 fully saturated rings. The predicted octanol–water partition coefficient (Wildman–Crippen LogP) is 3.52. The van der Waals surface area contributed by atoms with Crippen molar-refractivity contribution in [3.63, 3.8) is 0 Å². The molecule has 0 radical (unpaired) electrons. The highest BCUT2D eigenvalue weighted by molar-refractivity contribution is 5.46. The Morgan fingerprint density at radius 3 is 2.90 bits per heavy atom. The molecule has 0 aromatic heterocycles. The van der Waals surface area contributed by atoms with Crippen molar-refractivity contribution in [3.05, 3.63) is 29.6 Å². The van der Waals surface area contributed by atoms with Crippen LogP contribution in [-0.4, -0.2) is 17.8 Å². The lowest BCUT2D eigenvalue weighted by Crippen LogP contribution is -2.30. The molecule has 1 aromatic rings. The van der Waals surface area contributed by atoms with Gasteiger partial charge in [-0.3, -0.25) is 0 Å². The summed E-state index contributed by atoms with van der Waals surface area (Å²) in [5.41, 5.74) is 0.640. The number of benzene rings is 1. The van der Waals surface area contributed by atoms with Crippen LogP contribution in [0.25, 0.3) is 0 Å². The number of hydrogen-bond acceptors (Lipinski definition) is 2. The summed E-state index contributed by atoms with van der Waals surface area (Å²) < 4.78 is 19.5. The van der Waals surface area contributed by atoms with Crippen LogP contribution in [0.3, 0.4) is 0 Å². The van der Waals surface area contributed by atoms with E-state index in [9.17, 15) is 4.39 Å². The summed E-state index contributed by atoms with van der Waals surface area (Å²) in [6, 6.07) is 4.37. The molecule has 2 unspecified atom stereocenters. The van der Waals surface area contributed by atoms with Gasteiger partial charge in [0.05, 0.1) is 5.56 Å². The molecule has 1 saturated carbocycles. The molecule has 1 aliphatic carbocycles. The molecule has 0 saturated heterocycles. The summed E-state index contributed by atoms with van der Waals surface area (Å²) in [5.74, 6) is 6.12. The van der Waals surface area contributed by atoms with Crippen molar-refractivity contribution in [2.45, 2.75) is 45.1 Å². The average molecular weight is 276 g/mol. The van der Waals surface area contributed by atoms with Crippen LogP contribution >= 0.6 is 0 Å². The maximum Gasteiger partial charge on any atom is 0.138 e. The number of aliphatic hydroxyl groups excluding tert-OH is 1. The Hall–Kier alpha value is -1.53. The van der Waals surface area contributed by atoms with E-state index < -0.39 is 0 Å². The normalized spacial score (nSPS) is 21.9. The van der Waals surface area contributed by atoms with E-state index in [0.29, 0.717) is 17.2 Å². The molecule has 2 rings (SSSR count). The smallest absolute Gasteiger partial charge is 0.138 e. The van der Waals surface area contributed by atoms with Crippen LogP contribution in [0.1, 0.15) is 44.6 Å². The first-order valence-corrected chi connectivity index (χ1v) is 7.30. The van der Waals surface area contributed by atoms with Gasteiger partial charge in [0, 0.05) is 6.07 Å². The summed E-state index contributed by atoms with van der Waals surface area (Å²) in [7, 11) is 0. The van der Waals surface area contributed by atoms with Gasteiger partial charge >= 0.3 is 0 Å². The Balaban J connectivity index is 2.20. The lowest BCUT2D eigenvalue weighted by atomic mass is 9.84. The number of halogens is 1. The number of aliphatic hydroxyl groups is 1. The minimum atomic E-state index is -0.321. The first kappa shape index (κ1) is 14.9. The fourth-order valence-corrected chi connectivity index (χ4v) is 2.79. The van der Waals surface area contributed by atoms with E-state index in [4.69, 9.17) is 9.84 Å². The van der Waals surface area contributed by atoms with Gasteiger partial charge in [0.2, 0.25) is 0 Å². The molecular formula is C17H21FO2. The molecule has 20 heavy (non-hydrogen) atoms. The summed E-state index contributed by atoms with van der Waals surface area (Å²) in [6.45, 7) is 1.96. The van der Waals surface area contributed by atoms with Gasteiger partial charge in [0.15, 0.2) is 0 Å². The molecule has 1 N–H and O–H groups in total. The second-order valence-electron chi connectivity index (χ2n) is 5.21. The third-order valence-electron chi connectivity index (χ3n) is 3.89. The highest BCUT2D eigenvalue weighted by Gasteiger charge is 2.25. The van der Waals surface area contributed by atoms with Gasteiger partial charge < -0.3 is 9.84 Å². The first-order valence-electron chi connectivity index (χ1n) is 7.30. The van der Waals surface area contributed by atoms with Crippen LogP contribution in [0.5, 0.6) is 5.75 Å². The van der Waals surface area contributed by atoms with Crippen molar-refractivity contribution in [3.8, 4) is 17.6 Å². The topological polar surface area (TPSA) is 29.5 Å². The standard InChI is InChI=1S/C17H21FO2/c1-2-13-6-3-4-8-16(13)20-17-12-15(18)10-9-14(17)7-5-11-19/h9-10,12-13,16,19H,2-4,6,8,11H2,1H3. The molecule has 0 bridgehead atoms. The minimum Gasteiger partial charge on any atom is -0.489 e. The van der Waals surface area contributed by atoms with E-state index in [2.05, 4.69) is 18.8 Å². The SMILES string of the molecule is CCC1CCCCC1Oc1cc(F)ccc1C#CCO. The Kier molecular flexibility index (Phi) is 5.43. The molecule has 2 nitrogen and oxygen atoms in total. The van der Waals surface area contributed by atoms with Crippen LogP contribution in [0, 0.1) is 23.6 Å². The van der Waals surface area contributed by atoms with Crippen molar-refractivity contribution < 1.29 is 14.2 Å². The average Bonchev–Trinajstić information content (AvgIpc) is 2.47. The summed E-state index contributed by atoms with van der Waals surface area (Å²) in [5, 5.41) is 8.79. The molecule has 0 amide bonds. The third kappa shape index (κ3) is 3.74. The quantitative estimate of drug-likeness (QED) is 0.856. The molecule has 3 heteroatoms. The van der Waals surface area contributed by atoms with Crippen LogP contribution in [0.2, 0.25) is 0 Å². The van der Waals surface area contributed by atoms with E-state index in [1.54, 1.807) is 6.07 Å². The lowest BCUT2D eigenvalue weighted by Gasteiger charge is -2.31. The van der Waals surface area contributed by atoms with E-state index >= 15 is 0 Å². The van der Waals surface area contributed by atoms with Crippen LogP contribution in [0.15, 0.2) is 18.2 Å². The largest absolute Gasteiger partial charge is 0.489 e. The van der Waals surface area contributed by atoms with Crippen molar-refractivity contribution in [2.75, 3.05) is 6.61 Å². The first-order chi connectivity index (χ1) is 9.74. The van der Waals surface area contributed by atoms with Gasteiger partial charge in [-0.25, -0.2) is 4.39 Å². The van der Waals surface area contributed by atoms with Gasteiger partial charge in [-0.2, -0.15) is 0 Å². The van der Waals surface area contributed by atoms with Gasteiger partial charge in [-0.1, -0.05) is 25.2 Å². The van der Waals surface area contributed by atoms with Crippen molar-refractivity contribution in [2.24, 2.45) is 5.92 Å². The lowest BCUT2D eigenvalue weighted by molar-refractivity contribution is 0.0898. The van der Waals surface area contributed by atoms with E-state index in [-0.39, 0.29) is 18.5 Å². The van der Waals surface area contributed by atoms with Gasteiger partial charge in [-0.15, -0.1) is 0 Å². The zero-order chi connectivity index (χ0) is 14.4. The Bertz CT molecular complexity index is 501. The highest BCUT2D eigenvalue weighted by atomic mass is 19.1. The predicted molar refractivity (Wildman–Crippen MR) is 77.0 cm³/mol.